The highest BCUT2D eigenvalue weighted by atomic mass is 35.5. The number of aryl methyl sites for hydroxylation is 1. The van der Waals surface area contributed by atoms with Crippen molar-refractivity contribution >= 4 is 36.5 Å². The topological polar surface area (TPSA) is 79.4 Å². The maximum Gasteiger partial charge on any atom is 0.240 e. The maximum atomic E-state index is 12.4. The molecule has 2 N–H and O–H groups in total. The number of hydrogen-bond donors (Lipinski definition) is 2. The summed E-state index contributed by atoms with van der Waals surface area (Å²) in [5.41, 5.74) is 1.06. The summed E-state index contributed by atoms with van der Waals surface area (Å²) in [5.74, 6) is 1.04. The minimum absolute atomic E-state index is 0. The smallest absolute Gasteiger partial charge is 0.240 e. The fourth-order valence-electron chi connectivity index (χ4n) is 3.32. The Kier molecular flexibility index (Phi) is 9.57. The molecule has 1 aromatic heterocycles. The van der Waals surface area contributed by atoms with Crippen molar-refractivity contribution in [2.24, 2.45) is 0 Å². The number of aromatic nitrogens is 2. The molecule has 9 heteroatoms. The Morgan fingerprint density at radius 1 is 1.35 bits per heavy atom. The first-order valence-electron chi connectivity index (χ1n) is 8.88. The summed E-state index contributed by atoms with van der Waals surface area (Å²) < 4.78 is 5.55. The molecule has 0 spiro atoms. The van der Waals surface area contributed by atoms with Crippen molar-refractivity contribution in [1.29, 1.82) is 0 Å². The molecule has 0 unspecified atom stereocenters. The number of nitrogens with one attached hydrogen (secondary N) is 2. The molecule has 26 heavy (non-hydrogen) atoms. The van der Waals surface area contributed by atoms with Crippen molar-refractivity contribution in [3.05, 3.63) is 18.1 Å². The lowest BCUT2D eigenvalue weighted by atomic mass is 10.0. The highest BCUT2D eigenvalue weighted by Crippen LogP contribution is 2.18. The maximum absolute atomic E-state index is 12.4. The predicted octanol–water partition coefficient (Wildman–Crippen LogP) is 1.34. The number of carbonyl (C=O) groups is 1. The van der Waals surface area contributed by atoms with Crippen LogP contribution in [-0.2, 0) is 16.0 Å². The summed E-state index contributed by atoms with van der Waals surface area (Å²) in [6, 6.07) is 2.03. The van der Waals surface area contributed by atoms with Gasteiger partial charge in [0.05, 0.1) is 12.7 Å². The molecular formula is C17H29Cl2N5O2. The van der Waals surface area contributed by atoms with E-state index in [0.29, 0.717) is 6.61 Å². The fourth-order valence-corrected chi connectivity index (χ4v) is 3.32. The van der Waals surface area contributed by atoms with Gasteiger partial charge >= 0.3 is 0 Å². The molecule has 0 radical (unpaired) electrons. The molecule has 0 saturated carbocycles. The van der Waals surface area contributed by atoms with E-state index in [9.17, 15) is 4.79 Å². The highest BCUT2D eigenvalue weighted by molar-refractivity contribution is 5.85. The molecule has 0 bridgehead atoms. The summed E-state index contributed by atoms with van der Waals surface area (Å²) in [4.78, 5) is 23.3. The second-order valence-electron chi connectivity index (χ2n) is 6.50. The van der Waals surface area contributed by atoms with Gasteiger partial charge in [0.25, 0.3) is 0 Å². The van der Waals surface area contributed by atoms with Gasteiger partial charge in [0.2, 0.25) is 5.91 Å². The molecule has 0 aromatic carbocycles. The van der Waals surface area contributed by atoms with Gasteiger partial charge in [-0.3, -0.25) is 4.79 Å². The van der Waals surface area contributed by atoms with Crippen molar-refractivity contribution in [3.63, 3.8) is 0 Å². The van der Waals surface area contributed by atoms with E-state index in [-0.39, 0.29) is 48.9 Å². The van der Waals surface area contributed by atoms with Crippen molar-refractivity contribution < 1.29 is 9.53 Å². The highest BCUT2D eigenvalue weighted by Gasteiger charge is 2.30. The van der Waals surface area contributed by atoms with Gasteiger partial charge in [-0.2, -0.15) is 0 Å². The molecule has 3 rings (SSSR count). The van der Waals surface area contributed by atoms with Gasteiger partial charge in [-0.25, -0.2) is 9.97 Å². The average Bonchev–Trinajstić information content (AvgIpc) is 2.62. The molecule has 1 amide bonds. The van der Waals surface area contributed by atoms with Crippen LogP contribution in [0.1, 0.15) is 32.4 Å². The van der Waals surface area contributed by atoms with Gasteiger partial charge in [-0.1, -0.05) is 6.92 Å². The number of halogens is 2. The molecule has 3 heterocycles. The molecule has 148 valence electrons. The lowest BCUT2D eigenvalue weighted by molar-refractivity contribution is -0.129. The Labute approximate surface area is 167 Å². The Morgan fingerprint density at radius 2 is 2.08 bits per heavy atom. The lowest BCUT2D eigenvalue weighted by Gasteiger charge is -2.35. The second-order valence-corrected chi connectivity index (χ2v) is 6.50. The minimum Gasteiger partial charge on any atom is -0.375 e. The Balaban J connectivity index is 0.00000169. The van der Waals surface area contributed by atoms with E-state index in [2.05, 4.69) is 38.5 Å². The van der Waals surface area contributed by atoms with E-state index in [4.69, 9.17) is 4.74 Å². The van der Waals surface area contributed by atoms with Gasteiger partial charge in [-0.05, 0) is 26.2 Å². The fraction of sp³-hybridized carbons (Fsp3) is 0.706. The summed E-state index contributed by atoms with van der Waals surface area (Å²) in [6.07, 6.45) is 4.33. The van der Waals surface area contributed by atoms with Crippen molar-refractivity contribution in [1.82, 2.24) is 20.6 Å². The number of ether oxygens (including phenoxy) is 1. The Bertz CT molecular complexity index is 570. The first kappa shape index (κ1) is 22.9. The van der Waals surface area contributed by atoms with Crippen LogP contribution < -0.4 is 15.5 Å². The molecule has 1 aromatic rings. The van der Waals surface area contributed by atoms with Gasteiger partial charge in [0.1, 0.15) is 18.2 Å². The summed E-state index contributed by atoms with van der Waals surface area (Å²) in [5, 5.41) is 6.41. The number of morpholine rings is 1. The van der Waals surface area contributed by atoms with E-state index in [0.717, 1.165) is 50.4 Å². The van der Waals surface area contributed by atoms with Gasteiger partial charge < -0.3 is 20.3 Å². The number of piperidine rings is 1. The van der Waals surface area contributed by atoms with Crippen LogP contribution in [0, 0.1) is 0 Å². The SMILES string of the molecule is CCc1cc(N2CCC(NC(=O)[C@H]3NCCO[C@@H]3C)CC2)ncn1.Cl.Cl. The largest absolute Gasteiger partial charge is 0.375 e. The van der Waals surface area contributed by atoms with E-state index in [1.165, 1.54) is 0 Å². The molecule has 2 saturated heterocycles. The third-order valence-electron chi connectivity index (χ3n) is 4.84. The standard InChI is InChI=1S/C17H27N5O2.2ClH/c1-3-13-10-15(20-11-19-13)22-7-4-14(5-8-22)21-17(23)16-12(2)24-9-6-18-16;;/h10-12,14,16,18H,3-9H2,1-2H3,(H,21,23);2*1H/t12-,16+;;/m1../s1. The first-order chi connectivity index (χ1) is 11.7. The van der Waals surface area contributed by atoms with Gasteiger partial charge in [0.15, 0.2) is 0 Å². The van der Waals surface area contributed by atoms with Crippen molar-refractivity contribution in [3.8, 4) is 0 Å². The van der Waals surface area contributed by atoms with Crippen LogP contribution in [0.4, 0.5) is 5.82 Å². The molecule has 2 fully saturated rings. The summed E-state index contributed by atoms with van der Waals surface area (Å²) in [7, 11) is 0. The van der Waals surface area contributed by atoms with E-state index < -0.39 is 0 Å². The third-order valence-corrected chi connectivity index (χ3v) is 4.84. The summed E-state index contributed by atoms with van der Waals surface area (Å²) >= 11 is 0. The number of amides is 1. The van der Waals surface area contributed by atoms with Crippen LogP contribution in [-0.4, -0.2) is 60.3 Å². The summed E-state index contributed by atoms with van der Waals surface area (Å²) in [6.45, 7) is 7.23. The Hall–Kier alpha value is -1.15. The second kappa shape index (κ2) is 10.9. The Morgan fingerprint density at radius 3 is 2.73 bits per heavy atom. The van der Waals surface area contributed by atoms with Crippen LogP contribution in [0.2, 0.25) is 0 Å². The normalized spacial score (nSPS) is 23.5. The minimum atomic E-state index is -0.245. The van der Waals surface area contributed by atoms with E-state index in [1.54, 1.807) is 6.33 Å². The number of anilines is 1. The molecule has 2 atom stereocenters. The predicted molar refractivity (Wildman–Crippen MR) is 106 cm³/mol. The third kappa shape index (κ3) is 5.67. The van der Waals surface area contributed by atoms with Crippen LogP contribution in [0.25, 0.3) is 0 Å². The average molecular weight is 406 g/mol. The van der Waals surface area contributed by atoms with Crippen molar-refractivity contribution in [2.45, 2.75) is 51.3 Å². The van der Waals surface area contributed by atoms with Crippen LogP contribution in [0.15, 0.2) is 12.4 Å². The molecular weight excluding hydrogens is 377 g/mol. The monoisotopic (exact) mass is 405 g/mol. The van der Waals surface area contributed by atoms with Crippen molar-refractivity contribution in [2.75, 3.05) is 31.1 Å². The number of rotatable bonds is 4. The number of hydrogen-bond acceptors (Lipinski definition) is 6. The van der Waals surface area contributed by atoms with Gasteiger partial charge in [0, 0.05) is 37.4 Å². The number of nitrogens with zero attached hydrogens (tertiary/aromatic N) is 3. The quantitative estimate of drug-likeness (QED) is 0.786. The van der Waals surface area contributed by atoms with Crippen LogP contribution >= 0.6 is 24.8 Å². The first-order valence-corrected chi connectivity index (χ1v) is 8.88. The van der Waals surface area contributed by atoms with Crippen LogP contribution in [0.3, 0.4) is 0 Å². The molecule has 2 aliphatic heterocycles. The molecule has 7 nitrogen and oxygen atoms in total. The lowest BCUT2D eigenvalue weighted by Crippen LogP contribution is -2.58. The van der Waals surface area contributed by atoms with E-state index >= 15 is 0 Å². The number of carbonyl (C=O) groups excluding carboxylic acids is 1. The van der Waals surface area contributed by atoms with Gasteiger partial charge in [-0.15, -0.1) is 24.8 Å². The zero-order chi connectivity index (χ0) is 16.9. The van der Waals surface area contributed by atoms with E-state index in [1.807, 2.05) is 6.92 Å². The molecule has 0 aliphatic carbocycles. The molecule has 2 aliphatic rings. The zero-order valence-electron chi connectivity index (χ0n) is 15.3. The van der Waals surface area contributed by atoms with Crippen LogP contribution in [0.5, 0.6) is 0 Å². The zero-order valence-corrected chi connectivity index (χ0v) is 16.9.